The zero-order valence-corrected chi connectivity index (χ0v) is 16.7. The fraction of sp³-hybridized carbons (Fsp3) is 0.722. The fourth-order valence-corrected chi connectivity index (χ4v) is 3.08. The van der Waals surface area contributed by atoms with Crippen LogP contribution < -0.4 is 16.4 Å². The number of aliphatic carboxylic acids is 2. The minimum atomic E-state index is -1.08. The second kappa shape index (κ2) is 11.3. The Morgan fingerprint density at radius 2 is 1.86 bits per heavy atom. The number of carbonyl (C=O) groups excluding carboxylic acids is 3. The van der Waals surface area contributed by atoms with E-state index < -0.39 is 54.3 Å². The van der Waals surface area contributed by atoms with Gasteiger partial charge in [0.2, 0.25) is 17.7 Å². The van der Waals surface area contributed by atoms with E-state index in [1.165, 1.54) is 4.90 Å². The molecule has 1 aliphatic heterocycles. The quantitative estimate of drug-likeness (QED) is 0.283. The maximum atomic E-state index is 12.9. The normalized spacial score (nSPS) is 19.1. The summed E-state index contributed by atoms with van der Waals surface area (Å²) in [5.41, 5.74) is 5.57. The van der Waals surface area contributed by atoms with Crippen molar-refractivity contribution in [2.75, 3.05) is 13.1 Å². The molecule has 0 aromatic rings. The molecule has 0 spiro atoms. The number of carbonyl (C=O) groups is 5. The van der Waals surface area contributed by atoms with Gasteiger partial charge in [-0.05, 0) is 25.2 Å². The molecular weight excluding hydrogens is 384 g/mol. The number of nitrogens with two attached hydrogens (primary N) is 1. The molecule has 0 radical (unpaired) electrons. The van der Waals surface area contributed by atoms with Crippen LogP contribution in [0, 0.1) is 5.92 Å². The third-order valence-corrected chi connectivity index (χ3v) is 5.05. The van der Waals surface area contributed by atoms with E-state index in [1.807, 2.05) is 6.92 Å². The molecule has 0 saturated carbocycles. The first-order valence-corrected chi connectivity index (χ1v) is 9.66. The van der Waals surface area contributed by atoms with Crippen molar-refractivity contribution in [3.63, 3.8) is 0 Å². The number of amides is 3. The Labute approximate surface area is 169 Å². The zero-order chi connectivity index (χ0) is 22.1. The van der Waals surface area contributed by atoms with Gasteiger partial charge in [-0.3, -0.25) is 19.2 Å². The minimum absolute atomic E-state index is 0.0672. The molecule has 11 nitrogen and oxygen atoms in total. The van der Waals surface area contributed by atoms with Gasteiger partial charge in [0.15, 0.2) is 0 Å². The van der Waals surface area contributed by atoms with Crippen LogP contribution in [0.25, 0.3) is 0 Å². The van der Waals surface area contributed by atoms with Gasteiger partial charge < -0.3 is 31.5 Å². The van der Waals surface area contributed by atoms with Gasteiger partial charge >= 0.3 is 11.9 Å². The smallest absolute Gasteiger partial charge is 0.326 e. The molecule has 1 aliphatic rings. The van der Waals surface area contributed by atoms with E-state index in [-0.39, 0.29) is 18.8 Å². The van der Waals surface area contributed by atoms with E-state index in [0.29, 0.717) is 25.8 Å². The molecule has 1 fully saturated rings. The lowest BCUT2D eigenvalue weighted by molar-refractivity contribution is -0.150. The Bertz CT molecular complexity index is 640. The van der Waals surface area contributed by atoms with E-state index in [4.69, 9.17) is 10.8 Å². The van der Waals surface area contributed by atoms with E-state index in [2.05, 4.69) is 10.6 Å². The van der Waals surface area contributed by atoms with Gasteiger partial charge in [-0.25, -0.2) is 4.79 Å². The average molecular weight is 414 g/mol. The van der Waals surface area contributed by atoms with Crippen molar-refractivity contribution in [2.24, 2.45) is 11.7 Å². The SMILES string of the molecule is CCC(C)C(NC(=O)CNC(=O)C(N)CCC(=O)O)C(=O)N1CCCC1C(=O)O. The molecule has 4 atom stereocenters. The standard InChI is InChI=1S/C18H30N4O7/c1-3-10(2)15(17(27)22-8-4-5-12(22)18(28)29)21-13(23)9-20-16(26)11(19)6-7-14(24)25/h10-12,15H,3-9,19H2,1-2H3,(H,20,26)(H,21,23)(H,24,25)(H,28,29). The lowest BCUT2D eigenvalue weighted by Crippen LogP contribution is -2.55. The third-order valence-electron chi connectivity index (χ3n) is 5.05. The van der Waals surface area contributed by atoms with Gasteiger partial charge in [0.25, 0.3) is 0 Å². The Morgan fingerprint density at radius 1 is 1.21 bits per heavy atom. The van der Waals surface area contributed by atoms with Crippen molar-refractivity contribution >= 4 is 29.7 Å². The summed E-state index contributed by atoms with van der Waals surface area (Å²) >= 11 is 0. The molecule has 0 aliphatic carbocycles. The summed E-state index contributed by atoms with van der Waals surface area (Å²) < 4.78 is 0. The molecule has 1 heterocycles. The summed E-state index contributed by atoms with van der Waals surface area (Å²) in [6, 6.07) is -2.88. The maximum Gasteiger partial charge on any atom is 0.326 e. The van der Waals surface area contributed by atoms with Crippen molar-refractivity contribution in [2.45, 2.75) is 64.1 Å². The van der Waals surface area contributed by atoms with E-state index in [1.54, 1.807) is 6.92 Å². The Balaban J connectivity index is 2.67. The molecule has 164 valence electrons. The van der Waals surface area contributed by atoms with Crippen molar-refractivity contribution < 1.29 is 34.2 Å². The Hall–Kier alpha value is -2.69. The van der Waals surface area contributed by atoms with Crippen LogP contribution in [0.3, 0.4) is 0 Å². The van der Waals surface area contributed by atoms with Gasteiger partial charge in [-0.2, -0.15) is 0 Å². The Kier molecular flexibility index (Phi) is 9.53. The van der Waals surface area contributed by atoms with Crippen LogP contribution in [-0.2, 0) is 24.0 Å². The van der Waals surface area contributed by atoms with Crippen molar-refractivity contribution in [1.29, 1.82) is 0 Å². The molecule has 11 heteroatoms. The second-order valence-electron chi connectivity index (χ2n) is 7.22. The van der Waals surface area contributed by atoms with Gasteiger partial charge in [-0.1, -0.05) is 20.3 Å². The summed E-state index contributed by atoms with van der Waals surface area (Å²) in [6.07, 6.45) is 1.18. The van der Waals surface area contributed by atoms with Crippen LogP contribution in [-0.4, -0.2) is 76.0 Å². The molecule has 29 heavy (non-hydrogen) atoms. The van der Waals surface area contributed by atoms with Crippen molar-refractivity contribution in [3.05, 3.63) is 0 Å². The Morgan fingerprint density at radius 3 is 2.41 bits per heavy atom. The van der Waals surface area contributed by atoms with Gasteiger partial charge in [0.1, 0.15) is 12.1 Å². The van der Waals surface area contributed by atoms with Crippen LogP contribution >= 0.6 is 0 Å². The monoisotopic (exact) mass is 414 g/mol. The van der Waals surface area contributed by atoms with Crippen LogP contribution in [0.2, 0.25) is 0 Å². The molecule has 6 N–H and O–H groups in total. The average Bonchev–Trinajstić information content (AvgIpc) is 3.17. The highest BCUT2D eigenvalue weighted by molar-refractivity contribution is 5.93. The summed E-state index contributed by atoms with van der Waals surface area (Å²) in [6.45, 7) is 3.50. The molecule has 0 bridgehead atoms. The first kappa shape index (κ1) is 24.3. The van der Waals surface area contributed by atoms with Crippen molar-refractivity contribution in [3.8, 4) is 0 Å². The number of carboxylic acids is 2. The largest absolute Gasteiger partial charge is 0.481 e. The van der Waals surface area contributed by atoms with Gasteiger partial charge in [0.05, 0.1) is 12.6 Å². The molecule has 1 rings (SSSR count). The molecule has 0 aromatic carbocycles. The van der Waals surface area contributed by atoms with Crippen LogP contribution in [0.1, 0.15) is 46.0 Å². The van der Waals surface area contributed by atoms with Crippen LogP contribution in [0.5, 0.6) is 0 Å². The van der Waals surface area contributed by atoms with Crippen molar-refractivity contribution in [1.82, 2.24) is 15.5 Å². The number of nitrogens with one attached hydrogen (secondary N) is 2. The lowest BCUT2D eigenvalue weighted by Gasteiger charge is -2.30. The summed E-state index contributed by atoms with van der Waals surface area (Å²) in [7, 11) is 0. The van der Waals surface area contributed by atoms with E-state index >= 15 is 0 Å². The zero-order valence-electron chi connectivity index (χ0n) is 16.7. The van der Waals surface area contributed by atoms with Gasteiger partial charge in [-0.15, -0.1) is 0 Å². The molecule has 3 amide bonds. The highest BCUT2D eigenvalue weighted by Gasteiger charge is 2.39. The number of rotatable bonds is 11. The molecule has 0 aromatic heterocycles. The summed E-state index contributed by atoms with van der Waals surface area (Å²) in [5.74, 6) is -4.14. The second-order valence-corrected chi connectivity index (χ2v) is 7.22. The fourth-order valence-electron chi connectivity index (χ4n) is 3.08. The highest BCUT2D eigenvalue weighted by atomic mass is 16.4. The first-order chi connectivity index (χ1) is 13.6. The predicted octanol–water partition coefficient (Wildman–Crippen LogP) is -1.10. The summed E-state index contributed by atoms with van der Waals surface area (Å²) in [4.78, 5) is 60.1. The summed E-state index contributed by atoms with van der Waals surface area (Å²) in [5, 5.41) is 22.8. The molecular formula is C18H30N4O7. The van der Waals surface area contributed by atoms with E-state index in [9.17, 15) is 29.1 Å². The maximum absolute atomic E-state index is 12.9. The minimum Gasteiger partial charge on any atom is -0.481 e. The van der Waals surface area contributed by atoms with Crippen LogP contribution in [0.4, 0.5) is 0 Å². The number of likely N-dealkylation sites (tertiary alicyclic amines) is 1. The lowest BCUT2D eigenvalue weighted by atomic mass is 9.97. The predicted molar refractivity (Wildman–Crippen MR) is 102 cm³/mol. The van der Waals surface area contributed by atoms with E-state index in [0.717, 1.165) is 0 Å². The topological polar surface area (TPSA) is 179 Å². The van der Waals surface area contributed by atoms with Crippen LogP contribution in [0.15, 0.2) is 0 Å². The number of carboxylic acid groups (broad SMARTS) is 2. The first-order valence-electron chi connectivity index (χ1n) is 9.66. The third kappa shape index (κ3) is 7.33. The number of hydrogen-bond donors (Lipinski definition) is 5. The molecule has 1 saturated heterocycles. The number of nitrogens with zero attached hydrogens (tertiary/aromatic N) is 1. The van der Waals surface area contributed by atoms with Gasteiger partial charge in [0, 0.05) is 13.0 Å². The highest BCUT2D eigenvalue weighted by Crippen LogP contribution is 2.21. The number of hydrogen-bond acceptors (Lipinski definition) is 6. The molecule has 4 unspecified atom stereocenters.